The smallest absolute Gasteiger partial charge is 0.230 e. The van der Waals surface area contributed by atoms with Gasteiger partial charge in [-0.2, -0.15) is 0 Å². The van der Waals surface area contributed by atoms with Crippen molar-refractivity contribution >= 4 is 17.7 Å². The second-order valence-electron chi connectivity index (χ2n) is 6.62. The summed E-state index contributed by atoms with van der Waals surface area (Å²) >= 11 is 1.31. The van der Waals surface area contributed by atoms with Crippen LogP contribution >= 0.6 is 11.8 Å². The Morgan fingerprint density at radius 1 is 1.16 bits per heavy atom. The van der Waals surface area contributed by atoms with E-state index in [1.165, 1.54) is 11.8 Å². The molecule has 0 saturated carbocycles. The zero-order valence-corrected chi connectivity index (χ0v) is 17.9. The minimum absolute atomic E-state index is 0.151. The number of ether oxygens (including phenoxy) is 1. The number of benzene rings is 2. The van der Waals surface area contributed by atoms with Crippen molar-refractivity contribution in [3.05, 3.63) is 72.5 Å². The lowest BCUT2D eigenvalue weighted by Crippen LogP contribution is -2.24. The Bertz CT molecular complexity index is 1170. The number of hydrogen-bond donors (Lipinski definition) is 1. The molecule has 8 nitrogen and oxygen atoms in total. The molecular formula is C22H21N5O3S. The number of aryl methyl sites for hydroxylation is 1. The van der Waals surface area contributed by atoms with Gasteiger partial charge in [-0.05, 0) is 19.1 Å². The highest BCUT2D eigenvalue weighted by Crippen LogP contribution is 2.24. The van der Waals surface area contributed by atoms with Crippen molar-refractivity contribution in [3.63, 3.8) is 0 Å². The van der Waals surface area contributed by atoms with Gasteiger partial charge in [0.25, 0.3) is 0 Å². The van der Waals surface area contributed by atoms with Crippen LogP contribution in [0.1, 0.15) is 11.7 Å². The molecule has 9 heteroatoms. The number of rotatable bonds is 8. The van der Waals surface area contributed by atoms with E-state index in [1.807, 2.05) is 66.1 Å². The van der Waals surface area contributed by atoms with Crippen LogP contribution in [0.2, 0.25) is 0 Å². The Morgan fingerprint density at radius 3 is 2.81 bits per heavy atom. The summed E-state index contributed by atoms with van der Waals surface area (Å²) in [5.74, 6) is 2.62. The Labute approximate surface area is 183 Å². The summed E-state index contributed by atoms with van der Waals surface area (Å²) in [5, 5.41) is 11.8. The van der Waals surface area contributed by atoms with Gasteiger partial charge in [0.15, 0.2) is 10.9 Å². The van der Waals surface area contributed by atoms with Crippen molar-refractivity contribution < 1.29 is 13.9 Å². The van der Waals surface area contributed by atoms with Crippen LogP contribution in [0.4, 0.5) is 0 Å². The van der Waals surface area contributed by atoms with E-state index >= 15 is 0 Å². The van der Waals surface area contributed by atoms with Crippen LogP contribution < -0.4 is 10.1 Å². The monoisotopic (exact) mass is 435 g/mol. The molecule has 1 N–H and O–H groups in total. The minimum Gasteiger partial charge on any atom is -0.497 e. The van der Waals surface area contributed by atoms with Crippen LogP contribution in [-0.2, 0) is 11.3 Å². The molecule has 0 radical (unpaired) electrons. The average molecular weight is 436 g/mol. The molecule has 0 bridgehead atoms. The van der Waals surface area contributed by atoms with Gasteiger partial charge in [-0.3, -0.25) is 9.36 Å². The molecule has 2 aromatic heterocycles. The quantitative estimate of drug-likeness (QED) is 0.422. The van der Waals surface area contributed by atoms with Crippen molar-refractivity contribution in [2.24, 2.45) is 0 Å². The summed E-state index contributed by atoms with van der Waals surface area (Å²) in [4.78, 5) is 16.6. The highest BCUT2D eigenvalue weighted by molar-refractivity contribution is 7.99. The number of hydrogen-bond acceptors (Lipinski definition) is 7. The van der Waals surface area contributed by atoms with Gasteiger partial charge in [0.1, 0.15) is 11.6 Å². The van der Waals surface area contributed by atoms with Gasteiger partial charge in [-0.15, -0.1) is 10.2 Å². The molecule has 0 fully saturated rings. The second kappa shape index (κ2) is 9.48. The third kappa shape index (κ3) is 4.95. The molecule has 158 valence electrons. The number of nitrogens with one attached hydrogen (secondary N) is 1. The summed E-state index contributed by atoms with van der Waals surface area (Å²) in [6, 6.07) is 17.3. The van der Waals surface area contributed by atoms with E-state index in [0.717, 1.165) is 22.8 Å². The standard InChI is InChI=1S/C22H21N5O3S/c1-15-25-26-22(27(15)17-9-6-10-18(11-17)29-2)31-14-20(28)23-13-21-24-12-19(30-21)16-7-4-3-5-8-16/h3-12H,13-14H2,1-2H3,(H,23,28). The molecule has 4 aromatic rings. The van der Waals surface area contributed by atoms with Gasteiger partial charge in [-0.1, -0.05) is 48.2 Å². The van der Waals surface area contributed by atoms with Crippen LogP contribution in [0.5, 0.6) is 5.75 Å². The minimum atomic E-state index is -0.151. The maximum Gasteiger partial charge on any atom is 0.230 e. The summed E-state index contributed by atoms with van der Waals surface area (Å²) in [5.41, 5.74) is 1.81. The molecule has 31 heavy (non-hydrogen) atoms. The zero-order chi connectivity index (χ0) is 21.6. The number of methoxy groups -OCH3 is 1. The van der Waals surface area contributed by atoms with E-state index < -0.39 is 0 Å². The SMILES string of the molecule is COc1cccc(-n2c(C)nnc2SCC(=O)NCc2ncc(-c3ccccc3)o2)c1. The predicted octanol–water partition coefficient (Wildman–Crippen LogP) is 3.65. The molecule has 0 aliphatic carbocycles. The Morgan fingerprint density at radius 2 is 2.00 bits per heavy atom. The van der Waals surface area contributed by atoms with Crippen LogP contribution in [-0.4, -0.2) is 38.5 Å². The number of carbonyl (C=O) groups excluding carboxylic acids is 1. The summed E-state index contributed by atoms with van der Waals surface area (Å²) in [7, 11) is 1.62. The Kier molecular flexibility index (Phi) is 6.32. The molecule has 0 saturated heterocycles. The summed E-state index contributed by atoms with van der Waals surface area (Å²) < 4.78 is 12.9. The highest BCUT2D eigenvalue weighted by atomic mass is 32.2. The molecule has 0 unspecified atom stereocenters. The molecular weight excluding hydrogens is 414 g/mol. The largest absolute Gasteiger partial charge is 0.497 e. The number of thioether (sulfide) groups is 1. The van der Waals surface area contributed by atoms with E-state index in [9.17, 15) is 4.79 Å². The predicted molar refractivity (Wildman–Crippen MR) is 117 cm³/mol. The van der Waals surface area contributed by atoms with E-state index in [0.29, 0.717) is 16.8 Å². The van der Waals surface area contributed by atoms with Crippen molar-refractivity contribution in [1.29, 1.82) is 0 Å². The number of oxazole rings is 1. The van der Waals surface area contributed by atoms with Crippen LogP contribution in [0.25, 0.3) is 17.0 Å². The lowest BCUT2D eigenvalue weighted by atomic mass is 10.2. The van der Waals surface area contributed by atoms with E-state index in [1.54, 1.807) is 13.3 Å². The first-order chi connectivity index (χ1) is 15.1. The molecule has 0 aliphatic heterocycles. The van der Waals surface area contributed by atoms with Gasteiger partial charge >= 0.3 is 0 Å². The molecule has 2 aromatic carbocycles. The van der Waals surface area contributed by atoms with Crippen LogP contribution in [0.3, 0.4) is 0 Å². The number of amides is 1. The number of nitrogens with zero attached hydrogens (tertiary/aromatic N) is 4. The van der Waals surface area contributed by atoms with Crippen molar-refractivity contribution in [3.8, 4) is 22.8 Å². The first kappa shape index (κ1) is 20.7. The molecule has 0 spiro atoms. The molecule has 2 heterocycles. The van der Waals surface area contributed by atoms with Gasteiger partial charge in [-0.25, -0.2) is 4.98 Å². The summed E-state index contributed by atoms with van der Waals surface area (Å²) in [6.07, 6.45) is 1.66. The Hall–Kier alpha value is -3.59. The third-order valence-corrected chi connectivity index (χ3v) is 5.42. The van der Waals surface area contributed by atoms with Gasteiger partial charge < -0.3 is 14.5 Å². The second-order valence-corrected chi connectivity index (χ2v) is 7.56. The lowest BCUT2D eigenvalue weighted by molar-refractivity contribution is -0.118. The fraction of sp³-hybridized carbons (Fsp3) is 0.182. The zero-order valence-electron chi connectivity index (χ0n) is 17.1. The van der Waals surface area contributed by atoms with E-state index in [2.05, 4.69) is 20.5 Å². The van der Waals surface area contributed by atoms with Crippen molar-refractivity contribution in [2.75, 3.05) is 12.9 Å². The average Bonchev–Trinajstić information content (AvgIpc) is 3.43. The number of carbonyl (C=O) groups is 1. The van der Waals surface area contributed by atoms with Gasteiger partial charge in [0.2, 0.25) is 11.8 Å². The van der Waals surface area contributed by atoms with Gasteiger partial charge in [0.05, 0.1) is 31.3 Å². The fourth-order valence-electron chi connectivity index (χ4n) is 2.97. The number of aromatic nitrogens is 4. The molecule has 0 atom stereocenters. The molecule has 0 aliphatic rings. The lowest BCUT2D eigenvalue weighted by Gasteiger charge is -2.09. The van der Waals surface area contributed by atoms with Crippen LogP contribution in [0, 0.1) is 6.92 Å². The molecule has 4 rings (SSSR count). The fourth-order valence-corrected chi connectivity index (χ4v) is 3.79. The third-order valence-electron chi connectivity index (χ3n) is 4.49. The Balaban J connectivity index is 1.35. The first-order valence-corrected chi connectivity index (χ1v) is 10.6. The topological polar surface area (TPSA) is 95.1 Å². The maximum atomic E-state index is 12.3. The first-order valence-electron chi connectivity index (χ1n) is 9.60. The summed E-state index contributed by atoms with van der Waals surface area (Å²) in [6.45, 7) is 2.08. The normalized spacial score (nSPS) is 10.8. The van der Waals surface area contributed by atoms with Crippen LogP contribution in [0.15, 0.2) is 70.4 Å². The maximum absolute atomic E-state index is 12.3. The van der Waals surface area contributed by atoms with Gasteiger partial charge in [0, 0.05) is 11.6 Å². The highest BCUT2D eigenvalue weighted by Gasteiger charge is 2.14. The molecule has 1 amide bonds. The van der Waals surface area contributed by atoms with E-state index in [4.69, 9.17) is 9.15 Å². The van der Waals surface area contributed by atoms with Crippen molar-refractivity contribution in [2.45, 2.75) is 18.6 Å². The van der Waals surface area contributed by atoms with E-state index in [-0.39, 0.29) is 18.2 Å². The van der Waals surface area contributed by atoms with Crippen molar-refractivity contribution in [1.82, 2.24) is 25.1 Å².